The number of unbranched alkanes of at least 4 members (excludes halogenated alkanes) is 2. The monoisotopic (exact) mass is 403 g/mol. The van der Waals surface area contributed by atoms with Crippen molar-refractivity contribution in [3.05, 3.63) is 29.1 Å². The van der Waals surface area contributed by atoms with Crippen LogP contribution in [0.5, 0.6) is 5.75 Å². The molecule has 3 rings (SSSR count). The molecule has 1 aliphatic carbocycles. The predicted octanol–water partition coefficient (Wildman–Crippen LogP) is 5.33. The molecule has 1 fully saturated rings. The van der Waals surface area contributed by atoms with Crippen molar-refractivity contribution in [3.63, 3.8) is 0 Å². The summed E-state index contributed by atoms with van der Waals surface area (Å²) >= 11 is 1.50. The van der Waals surface area contributed by atoms with Crippen LogP contribution in [0.15, 0.2) is 24.3 Å². The van der Waals surface area contributed by atoms with Gasteiger partial charge in [-0.3, -0.25) is 9.59 Å². The van der Waals surface area contributed by atoms with Crippen LogP contribution in [0.1, 0.15) is 67.5 Å². The molecule has 6 heteroatoms. The lowest BCUT2D eigenvalue weighted by Gasteiger charge is -2.31. The molecule has 1 amide bonds. The van der Waals surface area contributed by atoms with Crippen molar-refractivity contribution < 1.29 is 19.4 Å². The van der Waals surface area contributed by atoms with Gasteiger partial charge in [0.2, 0.25) is 0 Å². The van der Waals surface area contributed by atoms with Gasteiger partial charge in [-0.2, -0.15) is 0 Å². The van der Waals surface area contributed by atoms with Crippen molar-refractivity contribution in [1.29, 1.82) is 0 Å². The van der Waals surface area contributed by atoms with E-state index in [0.29, 0.717) is 29.7 Å². The molecule has 0 aliphatic heterocycles. The Kier molecular flexibility index (Phi) is 7.31. The molecule has 0 radical (unpaired) electrons. The second kappa shape index (κ2) is 9.92. The highest BCUT2D eigenvalue weighted by Crippen LogP contribution is 2.39. The van der Waals surface area contributed by atoms with Crippen LogP contribution < -0.4 is 4.74 Å². The molecule has 1 aliphatic rings. The third-order valence-electron chi connectivity index (χ3n) is 5.47. The molecule has 1 aromatic carbocycles. The summed E-state index contributed by atoms with van der Waals surface area (Å²) in [6.07, 6.45) is 8.22. The standard InChI is InChI=1S/C22H29NO4S/c1-23(16-10-4-2-5-11-16)22(26)21-20(17-12-7-8-13-18(17)28-21)27-15-9-3-6-14-19(24)25/h7-8,12-13,16H,2-6,9-11,14-15H2,1H3,(H,24,25). The summed E-state index contributed by atoms with van der Waals surface area (Å²) in [6.45, 7) is 0.494. The Labute approximate surface area is 170 Å². The number of aliphatic carboxylic acids is 1. The van der Waals surface area contributed by atoms with Crippen LogP contribution in [-0.2, 0) is 4.79 Å². The molecule has 0 atom stereocenters. The van der Waals surface area contributed by atoms with E-state index in [1.807, 2.05) is 36.2 Å². The van der Waals surface area contributed by atoms with E-state index in [9.17, 15) is 9.59 Å². The highest BCUT2D eigenvalue weighted by molar-refractivity contribution is 7.21. The topological polar surface area (TPSA) is 66.8 Å². The first kappa shape index (κ1) is 20.6. The largest absolute Gasteiger partial charge is 0.491 e. The molecular formula is C22H29NO4S. The number of carboxylic acids is 1. The average molecular weight is 404 g/mol. The number of nitrogens with zero attached hydrogens (tertiary/aromatic N) is 1. The quantitative estimate of drug-likeness (QED) is 0.575. The first-order chi connectivity index (χ1) is 13.6. The molecule has 0 saturated heterocycles. The Balaban J connectivity index is 1.71. The third-order valence-corrected chi connectivity index (χ3v) is 6.61. The maximum Gasteiger partial charge on any atom is 0.303 e. The van der Waals surface area contributed by atoms with Crippen molar-refractivity contribution in [2.24, 2.45) is 0 Å². The van der Waals surface area contributed by atoms with Gasteiger partial charge in [-0.05, 0) is 44.2 Å². The van der Waals surface area contributed by atoms with E-state index in [-0.39, 0.29) is 12.3 Å². The Hall–Kier alpha value is -2.08. The number of carboxylic acid groups (broad SMARTS) is 1. The minimum atomic E-state index is -0.761. The summed E-state index contributed by atoms with van der Waals surface area (Å²) in [4.78, 5) is 26.4. The van der Waals surface area contributed by atoms with Crippen molar-refractivity contribution in [3.8, 4) is 5.75 Å². The van der Waals surface area contributed by atoms with Crippen LogP contribution in [0.3, 0.4) is 0 Å². The molecule has 0 spiro atoms. The summed E-state index contributed by atoms with van der Waals surface area (Å²) < 4.78 is 7.13. The zero-order valence-corrected chi connectivity index (χ0v) is 17.3. The number of hydrogen-bond acceptors (Lipinski definition) is 4. The summed E-state index contributed by atoms with van der Waals surface area (Å²) in [5.41, 5.74) is 0. The SMILES string of the molecule is CN(C(=O)c1sc2ccccc2c1OCCCCCC(=O)O)C1CCCCC1. The molecule has 0 bridgehead atoms. The van der Waals surface area contributed by atoms with Gasteiger partial charge in [0, 0.05) is 29.6 Å². The molecule has 2 aromatic rings. The Morgan fingerprint density at radius 3 is 2.64 bits per heavy atom. The van der Waals surface area contributed by atoms with Crippen LogP contribution in [-0.4, -0.2) is 41.6 Å². The van der Waals surface area contributed by atoms with Crippen LogP contribution in [0.2, 0.25) is 0 Å². The number of ether oxygens (including phenoxy) is 1. The van der Waals surface area contributed by atoms with Gasteiger partial charge in [0.15, 0.2) is 5.75 Å². The molecule has 1 saturated carbocycles. The Bertz CT molecular complexity index is 810. The second-order valence-corrected chi connectivity index (χ2v) is 8.57. The van der Waals surface area contributed by atoms with Crippen LogP contribution in [0, 0.1) is 0 Å². The van der Waals surface area contributed by atoms with Gasteiger partial charge < -0.3 is 14.7 Å². The number of carbonyl (C=O) groups excluding carboxylic acids is 1. The predicted molar refractivity (Wildman–Crippen MR) is 112 cm³/mol. The van der Waals surface area contributed by atoms with Gasteiger partial charge in [-0.25, -0.2) is 0 Å². The lowest BCUT2D eigenvalue weighted by molar-refractivity contribution is -0.137. The number of benzene rings is 1. The number of thiophene rings is 1. The lowest BCUT2D eigenvalue weighted by atomic mass is 9.94. The zero-order chi connectivity index (χ0) is 19.9. The van der Waals surface area contributed by atoms with Crippen molar-refractivity contribution in [1.82, 2.24) is 4.90 Å². The zero-order valence-electron chi connectivity index (χ0n) is 16.5. The first-order valence-electron chi connectivity index (χ1n) is 10.2. The Morgan fingerprint density at radius 1 is 1.14 bits per heavy atom. The fraction of sp³-hybridized carbons (Fsp3) is 0.545. The molecular weight excluding hydrogens is 374 g/mol. The van der Waals surface area contributed by atoms with E-state index in [4.69, 9.17) is 9.84 Å². The van der Waals surface area contributed by atoms with Crippen LogP contribution in [0.4, 0.5) is 0 Å². The van der Waals surface area contributed by atoms with Gasteiger partial charge in [0.1, 0.15) is 4.88 Å². The summed E-state index contributed by atoms with van der Waals surface area (Å²) in [5.74, 6) is -0.0242. The highest BCUT2D eigenvalue weighted by atomic mass is 32.1. The van der Waals surface area contributed by atoms with E-state index in [1.54, 1.807) is 0 Å². The fourth-order valence-corrected chi connectivity index (χ4v) is 4.96. The van der Waals surface area contributed by atoms with Gasteiger partial charge in [-0.1, -0.05) is 31.4 Å². The van der Waals surface area contributed by atoms with E-state index in [1.165, 1.54) is 30.6 Å². The maximum atomic E-state index is 13.2. The van der Waals surface area contributed by atoms with E-state index in [2.05, 4.69) is 0 Å². The smallest absolute Gasteiger partial charge is 0.303 e. The molecule has 152 valence electrons. The number of hydrogen-bond donors (Lipinski definition) is 1. The summed E-state index contributed by atoms with van der Waals surface area (Å²) in [6, 6.07) is 8.29. The number of fused-ring (bicyclic) bond motifs is 1. The minimum Gasteiger partial charge on any atom is -0.491 e. The second-order valence-electron chi connectivity index (χ2n) is 7.52. The summed E-state index contributed by atoms with van der Waals surface area (Å²) in [5, 5.41) is 9.71. The molecule has 0 unspecified atom stereocenters. The fourth-order valence-electron chi connectivity index (χ4n) is 3.83. The number of amides is 1. The van der Waals surface area contributed by atoms with Crippen molar-refractivity contribution in [2.75, 3.05) is 13.7 Å². The third kappa shape index (κ3) is 5.04. The molecule has 1 heterocycles. The summed E-state index contributed by atoms with van der Waals surface area (Å²) in [7, 11) is 1.92. The molecule has 28 heavy (non-hydrogen) atoms. The molecule has 1 aromatic heterocycles. The van der Waals surface area contributed by atoms with E-state index in [0.717, 1.165) is 35.8 Å². The number of carbonyl (C=O) groups is 2. The first-order valence-corrected chi connectivity index (χ1v) is 11.0. The minimum absolute atomic E-state index is 0.0500. The lowest BCUT2D eigenvalue weighted by Crippen LogP contribution is -2.38. The normalized spacial score (nSPS) is 14.9. The van der Waals surface area contributed by atoms with E-state index >= 15 is 0 Å². The molecule has 5 nitrogen and oxygen atoms in total. The maximum absolute atomic E-state index is 13.2. The van der Waals surface area contributed by atoms with Crippen molar-refractivity contribution >= 4 is 33.3 Å². The average Bonchev–Trinajstić information content (AvgIpc) is 3.08. The van der Waals surface area contributed by atoms with Crippen LogP contribution in [0.25, 0.3) is 10.1 Å². The van der Waals surface area contributed by atoms with Crippen LogP contribution >= 0.6 is 11.3 Å². The Morgan fingerprint density at radius 2 is 1.89 bits per heavy atom. The van der Waals surface area contributed by atoms with Crippen molar-refractivity contribution in [2.45, 2.75) is 63.8 Å². The van der Waals surface area contributed by atoms with E-state index < -0.39 is 5.97 Å². The van der Waals surface area contributed by atoms with Gasteiger partial charge in [0.25, 0.3) is 5.91 Å². The number of rotatable bonds is 9. The van der Waals surface area contributed by atoms with Gasteiger partial charge >= 0.3 is 5.97 Å². The molecule has 1 N–H and O–H groups in total. The van der Waals surface area contributed by atoms with Gasteiger partial charge in [0.05, 0.1) is 6.61 Å². The highest BCUT2D eigenvalue weighted by Gasteiger charge is 2.27. The van der Waals surface area contributed by atoms with Gasteiger partial charge in [-0.15, -0.1) is 11.3 Å².